The molecule has 32 heavy (non-hydrogen) atoms. The fraction of sp³-hybridized carbons (Fsp3) is 0.250. The number of rotatable bonds is 8. The highest BCUT2D eigenvalue weighted by atomic mass is 16.5. The van der Waals surface area contributed by atoms with Gasteiger partial charge in [0.05, 0.1) is 0 Å². The van der Waals surface area contributed by atoms with Crippen LogP contribution < -0.4 is 27.6 Å². The van der Waals surface area contributed by atoms with Gasteiger partial charge in [0.2, 0.25) is 0 Å². The monoisotopic (exact) mass is 435 g/mol. The van der Waals surface area contributed by atoms with Crippen LogP contribution in [0.5, 0.6) is 0 Å². The van der Waals surface area contributed by atoms with Crippen LogP contribution in [0.4, 0.5) is 0 Å². The molecule has 2 aromatic carbocycles. The maximum atomic E-state index is 12.2. The average Bonchev–Trinajstić information content (AvgIpc) is 2.80. The molecule has 0 fully saturated rings. The second-order valence-electron chi connectivity index (χ2n) is 6.48. The van der Waals surface area contributed by atoms with Crippen molar-refractivity contribution < 1.29 is 14.8 Å². The van der Waals surface area contributed by atoms with Crippen molar-refractivity contribution in [3.63, 3.8) is 0 Å². The Morgan fingerprint density at radius 2 is 1.69 bits per heavy atom. The number of hydrogen-bond donors (Lipinski definition) is 6. The lowest BCUT2D eigenvalue weighted by Crippen LogP contribution is -2.50. The first kappa shape index (κ1) is 26.4. The van der Waals surface area contributed by atoms with Gasteiger partial charge >= 0.3 is 0 Å². The smallest absolute Gasteiger partial charge is 0.267 e. The second-order valence-corrected chi connectivity index (χ2v) is 6.48. The zero-order valence-electron chi connectivity index (χ0n) is 16.9. The molecule has 0 aliphatic rings. The molecule has 8 nitrogen and oxygen atoms in total. The lowest BCUT2D eigenvalue weighted by Gasteiger charge is -2.14. The lowest BCUT2D eigenvalue weighted by atomic mass is 10.1. The predicted molar refractivity (Wildman–Crippen MR) is 124 cm³/mol. The highest BCUT2D eigenvalue weighted by Gasteiger charge is 2.19. The average molecular weight is 436 g/mol. The van der Waals surface area contributed by atoms with Crippen molar-refractivity contribution in [2.24, 2.45) is 11.5 Å². The highest BCUT2D eigenvalue weighted by Crippen LogP contribution is 2.05. The molecule has 2 rings (SSSR count). The first-order valence-corrected chi connectivity index (χ1v) is 9.64. The molecule has 0 saturated carbocycles. The molecule has 0 saturated heterocycles. The van der Waals surface area contributed by atoms with Crippen LogP contribution in [0.25, 0.3) is 0 Å². The van der Waals surface area contributed by atoms with Crippen LogP contribution in [0.1, 0.15) is 34.5 Å². The van der Waals surface area contributed by atoms with Crippen LogP contribution in [-0.2, 0) is 11.3 Å². The maximum absolute atomic E-state index is 12.2. The van der Waals surface area contributed by atoms with E-state index in [1.807, 2.05) is 24.3 Å². The van der Waals surface area contributed by atoms with E-state index in [9.17, 15) is 9.59 Å². The number of hydrogen-bond acceptors (Lipinski definition) is 6. The van der Waals surface area contributed by atoms with Gasteiger partial charge in [-0.2, -0.15) is 0 Å². The number of nitrogens with one attached hydrogen (secondary N) is 3. The number of carbonyl (C=O) groups excluding carboxylic acids is 2. The predicted octanol–water partition coefficient (Wildman–Crippen LogP) is 0.337. The summed E-state index contributed by atoms with van der Waals surface area (Å²) in [5.41, 5.74) is 15.4. The van der Waals surface area contributed by atoms with Gasteiger partial charge in [0, 0.05) is 42.9 Å². The van der Waals surface area contributed by atoms with E-state index < -0.39 is 17.9 Å². The summed E-state index contributed by atoms with van der Waals surface area (Å²) >= 11 is 0. The van der Waals surface area contributed by atoms with E-state index in [4.69, 9.17) is 16.7 Å². The molecule has 8 N–H and O–H groups in total. The Morgan fingerprint density at radius 1 is 1.00 bits per heavy atom. The van der Waals surface area contributed by atoms with Crippen molar-refractivity contribution in [3.05, 3.63) is 70.8 Å². The minimum absolute atomic E-state index is 0. The molecular weight excluding hydrogens is 406 g/mol. The Bertz CT molecular complexity index is 1010. The van der Waals surface area contributed by atoms with Crippen LogP contribution in [0.2, 0.25) is 0 Å². The van der Waals surface area contributed by atoms with Crippen LogP contribution in [0.3, 0.4) is 0 Å². The molecule has 0 unspecified atom stereocenters. The summed E-state index contributed by atoms with van der Waals surface area (Å²) in [6, 6.07) is 13.4. The Labute approximate surface area is 188 Å². The third-order valence-electron chi connectivity index (χ3n) is 4.17. The summed E-state index contributed by atoms with van der Waals surface area (Å²) in [6.07, 6.45) is 0. The van der Waals surface area contributed by atoms with Crippen molar-refractivity contribution in [3.8, 4) is 23.7 Å². The van der Waals surface area contributed by atoms with E-state index >= 15 is 0 Å². The zero-order chi connectivity index (χ0) is 22.5. The van der Waals surface area contributed by atoms with Gasteiger partial charge in [0.25, 0.3) is 11.8 Å². The molecule has 2 amide bonds. The van der Waals surface area contributed by atoms with Gasteiger partial charge in [-0.25, -0.2) is 5.48 Å². The number of carbonyl (C=O) groups is 2. The van der Waals surface area contributed by atoms with E-state index in [-0.39, 0.29) is 14.0 Å². The minimum atomic E-state index is -1.03. The van der Waals surface area contributed by atoms with Gasteiger partial charge in [-0.3, -0.25) is 14.8 Å². The summed E-state index contributed by atoms with van der Waals surface area (Å²) in [4.78, 5) is 23.6. The van der Waals surface area contributed by atoms with Crippen LogP contribution in [-0.4, -0.2) is 42.7 Å². The fourth-order valence-electron chi connectivity index (χ4n) is 2.56. The summed E-state index contributed by atoms with van der Waals surface area (Å²) in [6.45, 7) is 1.94. The third kappa shape index (κ3) is 8.60. The van der Waals surface area contributed by atoms with Crippen molar-refractivity contribution in [2.45, 2.75) is 20.0 Å². The van der Waals surface area contributed by atoms with Crippen LogP contribution in [0.15, 0.2) is 48.5 Å². The number of hydroxylamine groups is 1. The Hall–Kier alpha value is -3.66. The van der Waals surface area contributed by atoms with Crippen LogP contribution in [0, 0.1) is 23.7 Å². The standard InChI is InChI=1S/C23H25N5O3.CH4/c24-12-13-26-16-19-7-3-6-18(14-19)5-2-1-4-17-8-10-20(11-9-17)22(29)27-21(15-25)23(30)28-31;/h3,6-11,14,21,26,31H,12-13,15-16,24-25H2,(H,27,29)(H,28,30);1H4/t21-;/m0./s1. The third-order valence-corrected chi connectivity index (χ3v) is 4.17. The number of amides is 2. The van der Waals surface area contributed by atoms with Gasteiger partial charge < -0.3 is 22.1 Å². The van der Waals surface area contributed by atoms with E-state index in [1.165, 1.54) is 5.48 Å². The van der Waals surface area contributed by atoms with E-state index in [2.05, 4.69) is 34.3 Å². The van der Waals surface area contributed by atoms with Crippen molar-refractivity contribution >= 4 is 11.8 Å². The Balaban J connectivity index is 0.00000512. The lowest BCUT2D eigenvalue weighted by molar-refractivity contribution is -0.130. The first-order chi connectivity index (χ1) is 15.1. The molecule has 1 atom stereocenters. The van der Waals surface area contributed by atoms with Gasteiger partial charge in [-0.05, 0) is 53.8 Å². The topological polar surface area (TPSA) is 142 Å². The van der Waals surface area contributed by atoms with Gasteiger partial charge in [-0.15, -0.1) is 0 Å². The molecule has 0 radical (unpaired) electrons. The van der Waals surface area contributed by atoms with Crippen molar-refractivity contribution in [1.29, 1.82) is 0 Å². The molecule has 0 heterocycles. The Kier molecular flexibility index (Phi) is 11.8. The zero-order valence-corrected chi connectivity index (χ0v) is 16.9. The summed E-state index contributed by atoms with van der Waals surface area (Å²) in [5, 5.41) is 14.3. The SMILES string of the molecule is C.NCCNCc1cccc(C#CC#Cc2ccc(C(=O)N[C@@H](CN)C(=O)NO)cc2)c1. The van der Waals surface area contributed by atoms with Crippen LogP contribution >= 0.6 is 0 Å². The molecule has 0 aliphatic heterocycles. The maximum Gasteiger partial charge on any atom is 0.267 e. The molecule has 2 aromatic rings. The van der Waals surface area contributed by atoms with E-state index in [1.54, 1.807) is 24.3 Å². The first-order valence-electron chi connectivity index (χ1n) is 9.64. The highest BCUT2D eigenvalue weighted by molar-refractivity contribution is 5.97. The second kappa shape index (κ2) is 14.4. The minimum Gasteiger partial charge on any atom is -0.339 e. The van der Waals surface area contributed by atoms with E-state index in [0.29, 0.717) is 17.7 Å². The normalized spacial score (nSPS) is 10.3. The van der Waals surface area contributed by atoms with Gasteiger partial charge in [-0.1, -0.05) is 31.4 Å². The molecule has 168 valence electrons. The molecule has 0 aromatic heterocycles. The van der Waals surface area contributed by atoms with Gasteiger partial charge in [0.1, 0.15) is 6.04 Å². The summed E-state index contributed by atoms with van der Waals surface area (Å²) in [5.74, 6) is 10.3. The largest absolute Gasteiger partial charge is 0.339 e. The Morgan fingerprint density at radius 3 is 2.31 bits per heavy atom. The van der Waals surface area contributed by atoms with Gasteiger partial charge in [0.15, 0.2) is 0 Å². The number of nitrogens with two attached hydrogens (primary N) is 2. The molecule has 0 spiro atoms. The quantitative estimate of drug-likeness (QED) is 0.153. The van der Waals surface area contributed by atoms with Crippen molar-refractivity contribution in [1.82, 2.24) is 16.1 Å². The molecular formula is C24H29N5O3. The molecule has 0 aliphatic carbocycles. The summed E-state index contributed by atoms with van der Waals surface area (Å²) < 4.78 is 0. The molecule has 8 heteroatoms. The molecule has 0 bridgehead atoms. The fourth-order valence-corrected chi connectivity index (χ4v) is 2.56. The number of benzene rings is 2. The van der Waals surface area contributed by atoms with Crippen molar-refractivity contribution in [2.75, 3.05) is 19.6 Å². The summed E-state index contributed by atoms with van der Waals surface area (Å²) in [7, 11) is 0. The van der Waals surface area contributed by atoms with E-state index in [0.717, 1.165) is 24.2 Å².